The monoisotopic (exact) mass is 216 g/mol. The molecule has 0 bridgehead atoms. The summed E-state index contributed by atoms with van der Waals surface area (Å²) in [5.74, 6) is -1.13. The molecule has 1 aromatic heterocycles. The second kappa shape index (κ2) is 4.79. The van der Waals surface area contributed by atoms with Gasteiger partial charge < -0.3 is 10.8 Å². The Morgan fingerprint density at radius 3 is 2.80 bits per heavy atom. The third kappa shape index (κ3) is 2.95. The highest BCUT2D eigenvalue weighted by molar-refractivity contribution is 5.68. The molecule has 6 heteroatoms. The number of aromatic nitrogens is 1. The first-order valence-corrected chi connectivity index (χ1v) is 4.22. The number of halogens is 2. The van der Waals surface area contributed by atoms with Gasteiger partial charge in [0.15, 0.2) is 0 Å². The summed E-state index contributed by atoms with van der Waals surface area (Å²) in [6.45, 7) is 0. The van der Waals surface area contributed by atoms with Crippen molar-refractivity contribution in [1.29, 1.82) is 0 Å². The lowest BCUT2D eigenvalue weighted by molar-refractivity contribution is -0.137. The van der Waals surface area contributed by atoms with Gasteiger partial charge in [-0.2, -0.15) is 0 Å². The second-order valence-electron chi connectivity index (χ2n) is 2.98. The van der Waals surface area contributed by atoms with Gasteiger partial charge in [0.2, 0.25) is 0 Å². The number of nitrogens with zero attached hydrogens (tertiary/aromatic N) is 1. The largest absolute Gasteiger partial charge is 0.481 e. The maximum Gasteiger partial charge on any atom is 0.305 e. The lowest BCUT2D eigenvalue weighted by Crippen LogP contribution is -2.17. The molecule has 1 heterocycles. The SMILES string of the molecule is NC(CC(=O)O)c1cccnc1C(F)F. The molecule has 0 aliphatic carbocycles. The summed E-state index contributed by atoms with van der Waals surface area (Å²) in [6.07, 6.45) is -1.93. The molecule has 0 spiro atoms. The van der Waals surface area contributed by atoms with Crippen LogP contribution in [0, 0.1) is 0 Å². The summed E-state index contributed by atoms with van der Waals surface area (Å²) < 4.78 is 24.9. The maximum atomic E-state index is 12.5. The normalized spacial score (nSPS) is 12.8. The van der Waals surface area contributed by atoms with E-state index in [2.05, 4.69) is 4.98 Å². The Morgan fingerprint density at radius 1 is 1.60 bits per heavy atom. The Hall–Kier alpha value is -1.56. The second-order valence-corrected chi connectivity index (χ2v) is 2.98. The van der Waals surface area contributed by atoms with Gasteiger partial charge in [-0.25, -0.2) is 8.78 Å². The van der Waals surface area contributed by atoms with Crippen LogP contribution in [-0.4, -0.2) is 16.1 Å². The van der Waals surface area contributed by atoms with Crippen LogP contribution in [0.3, 0.4) is 0 Å². The van der Waals surface area contributed by atoms with Crippen LogP contribution in [0.15, 0.2) is 18.3 Å². The average molecular weight is 216 g/mol. The molecule has 1 atom stereocenters. The highest BCUT2D eigenvalue weighted by Gasteiger charge is 2.20. The van der Waals surface area contributed by atoms with E-state index in [0.29, 0.717) is 0 Å². The van der Waals surface area contributed by atoms with Gasteiger partial charge in [-0.3, -0.25) is 9.78 Å². The number of carbonyl (C=O) groups is 1. The smallest absolute Gasteiger partial charge is 0.305 e. The van der Waals surface area contributed by atoms with Crippen molar-refractivity contribution in [3.63, 3.8) is 0 Å². The van der Waals surface area contributed by atoms with E-state index in [-0.39, 0.29) is 5.56 Å². The molecular formula is C9H10F2N2O2. The quantitative estimate of drug-likeness (QED) is 0.799. The highest BCUT2D eigenvalue weighted by Crippen LogP contribution is 2.25. The van der Waals surface area contributed by atoms with E-state index < -0.39 is 30.6 Å². The lowest BCUT2D eigenvalue weighted by Gasteiger charge is -2.12. The highest BCUT2D eigenvalue weighted by atomic mass is 19.3. The summed E-state index contributed by atoms with van der Waals surface area (Å²) in [5.41, 5.74) is 5.11. The molecule has 0 fully saturated rings. The van der Waals surface area contributed by atoms with Crippen LogP contribution in [0.1, 0.15) is 30.1 Å². The standard InChI is InChI=1S/C9H10F2N2O2/c10-9(11)8-5(2-1-3-13-8)6(12)4-7(14)15/h1-3,6,9H,4,12H2,(H,14,15). The molecule has 1 unspecified atom stereocenters. The van der Waals surface area contributed by atoms with Crippen molar-refractivity contribution >= 4 is 5.97 Å². The molecule has 0 saturated carbocycles. The predicted molar refractivity (Wildman–Crippen MR) is 48.4 cm³/mol. The summed E-state index contributed by atoms with van der Waals surface area (Å²) in [5, 5.41) is 8.49. The van der Waals surface area contributed by atoms with Crippen molar-refractivity contribution in [2.45, 2.75) is 18.9 Å². The predicted octanol–water partition coefficient (Wildman–Crippen LogP) is 1.49. The Balaban J connectivity index is 2.97. The van der Waals surface area contributed by atoms with Gasteiger partial charge in [0.1, 0.15) is 5.69 Å². The molecule has 1 aromatic rings. The molecule has 4 nitrogen and oxygen atoms in total. The van der Waals surface area contributed by atoms with E-state index >= 15 is 0 Å². The fourth-order valence-corrected chi connectivity index (χ4v) is 1.22. The van der Waals surface area contributed by atoms with E-state index in [0.717, 1.165) is 0 Å². The minimum atomic E-state index is -2.75. The van der Waals surface area contributed by atoms with E-state index in [1.165, 1.54) is 18.3 Å². The fourth-order valence-electron chi connectivity index (χ4n) is 1.22. The Labute approximate surface area is 84.7 Å². The summed E-state index contributed by atoms with van der Waals surface area (Å²) >= 11 is 0. The Morgan fingerprint density at radius 2 is 2.27 bits per heavy atom. The van der Waals surface area contributed by atoms with Crippen LogP contribution in [0.25, 0.3) is 0 Å². The van der Waals surface area contributed by atoms with Gasteiger partial charge in [-0.05, 0) is 11.6 Å². The summed E-state index contributed by atoms with van der Waals surface area (Å²) in [7, 11) is 0. The van der Waals surface area contributed by atoms with Crippen molar-refractivity contribution in [3.8, 4) is 0 Å². The van der Waals surface area contributed by atoms with Crippen molar-refractivity contribution in [2.75, 3.05) is 0 Å². The molecule has 0 radical (unpaired) electrons. The van der Waals surface area contributed by atoms with Gasteiger partial charge >= 0.3 is 5.97 Å². The summed E-state index contributed by atoms with van der Waals surface area (Å²) in [4.78, 5) is 13.9. The minimum Gasteiger partial charge on any atom is -0.481 e. The number of nitrogens with two attached hydrogens (primary N) is 1. The Bertz CT molecular complexity index is 358. The van der Waals surface area contributed by atoms with E-state index in [9.17, 15) is 13.6 Å². The molecule has 0 aliphatic heterocycles. The zero-order valence-electron chi connectivity index (χ0n) is 7.73. The number of hydrogen-bond acceptors (Lipinski definition) is 3. The van der Waals surface area contributed by atoms with E-state index in [4.69, 9.17) is 10.8 Å². The molecule has 15 heavy (non-hydrogen) atoms. The average Bonchev–Trinajstić information content (AvgIpc) is 2.16. The van der Waals surface area contributed by atoms with Crippen molar-refractivity contribution in [2.24, 2.45) is 5.73 Å². The van der Waals surface area contributed by atoms with Crippen LogP contribution in [0.5, 0.6) is 0 Å². The van der Waals surface area contributed by atoms with Crippen LogP contribution >= 0.6 is 0 Å². The van der Waals surface area contributed by atoms with Crippen molar-refractivity contribution in [1.82, 2.24) is 4.98 Å². The number of hydrogen-bond donors (Lipinski definition) is 2. The van der Waals surface area contributed by atoms with Gasteiger partial charge in [0.25, 0.3) is 6.43 Å². The molecule has 0 aliphatic rings. The zero-order chi connectivity index (χ0) is 11.4. The third-order valence-corrected chi connectivity index (χ3v) is 1.87. The molecule has 82 valence electrons. The molecule has 3 N–H and O–H groups in total. The summed E-state index contributed by atoms with van der Waals surface area (Å²) in [6, 6.07) is 1.85. The first-order chi connectivity index (χ1) is 7.02. The van der Waals surface area contributed by atoms with Crippen LogP contribution < -0.4 is 5.73 Å². The van der Waals surface area contributed by atoms with Crippen LogP contribution in [0.4, 0.5) is 8.78 Å². The fraction of sp³-hybridized carbons (Fsp3) is 0.333. The lowest BCUT2D eigenvalue weighted by atomic mass is 10.0. The van der Waals surface area contributed by atoms with E-state index in [1.54, 1.807) is 0 Å². The maximum absolute atomic E-state index is 12.5. The topological polar surface area (TPSA) is 76.2 Å². The third-order valence-electron chi connectivity index (χ3n) is 1.87. The van der Waals surface area contributed by atoms with Crippen molar-refractivity contribution in [3.05, 3.63) is 29.6 Å². The zero-order valence-corrected chi connectivity index (χ0v) is 7.73. The molecule has 1 rings (SSSR count). The molecule has 0 amide bonds. The van der Waals surface area contributed by atoms with Gasteiger partial charge in [-0.15, -0.1) is 0 Å². The molecular weight excluding hydrogens is 206 g/mol. The Kier molecular flexibility index (Phi) is 3.68. The van der Waals surface area contributed by atoms with Crippen LogP contribution in [-0.2, 0) is 4.79 Å². The minimum absolute atomic E-state index is 0.0786. The number of pyridine rings is 1. The number of carboxylic acid groups (broad SMARTS) is 1. The first-order valence-electron chi connectivity index (χ1n) is 4.22. The molecule has 0 aromatic carbocycles. The van der Waals surface area contributed by atoms with E-state index in [1.807, 2.05) is 0 Å². The first kappa shape index (κ1) is 11.5. The molecule has 0 saturated heterocycles. The van der Waals surface area contributed by atoms with Crippen LogP contribution in [0.2, 0.25) is 0 Å². The van der Waals surface area contributed by atoms with Crippen molar-refractivity contribution < 1.29 is 18.7 Å². The number of rotatable bonds is 4. The number of carboxylic acids is 1. The number of alkyl halides is 2. The number of aliphatic carboxylic acids is 1. The van der Waals surface area contributed by atoms with Gasteiger partial charge in [0, 0.05) is 12.2 Å². The van der Waals surface area contributed by atoms with Gasteiger partial charge in [-0.1, -0.05) is 6.07 Å². The van der Waals surface area contributed by atoms with Gasteiger partial charge in [0.05, 0.1) is 6.42 Å².